The summed E-state index contributed by atoms with van der Waals surface area (Å²) in [6, 6.07) is 16.7. The van der Waals surface area contributed by atoms with E-state index >= 15 is 0 Å². The van der Waals surface area contributed by atoms with Crippen LogP contribution < -0.4 is 34.3 Å². The van der Waals surface area contributed by atoms with E-state index in [1.165, 1.54) is 21.3 Å². The second-order valence-electron chi connectivity index (χ2n) is 6.96. The van der Waals surface area contributed by atoms with Crippen molar-refractivity contribution in [1.82, 2.24) is 0 Å². The van der Waals surface area contributed by atoms with Crippen molar-refractivity contribution in [3.05, 3.63) is 66.2 Å². The van der Waals surface area contributed by atoms with Gasteiger partial charge in [0.2, 0.25) is 5.75 Å². The Labute approximate surface area is 197 Å². The van der Waals surface area contributed by atoms with Crippen LogP contribution in [0.4, 0.5) is 11.4 Å². The molecule has 0 radical (unpaired) electrons. The number of rotatable bonds is 10. The first kappa shape index (κ1) is 24.2. The molecule has 3 aromatic carbocycles. The predicted octanol–water partition coefficient (Wildman–Crippen LogP) is 3.99. The average molecular weight is 466 g/mol. The molecule has 178 valence electrons. The van der Waals surface area contributed by atoms with Gasteiger partial charge >= 0.3 is 0 Å². The van der Waals surface area contributed by atoms with Gasteiger partial charge in [0.15, 0.2) is 18.1 Å². The monoisotopic (exact) mass is 466 g/mol. The highest BCUT2D eigenvalue weighted by atomic mass is 16.5. The maximum absolute atomic E-state index is 12.7. The van der Waals surface area contributed by atoms with Gasteiger partial charge in [0.05, 0.1) is 28.4 Å². The molecule has 3 aromatic rings. The Hall–Kier alpha value is -4.40. The molecule has 0 spiro atoms. The van der Waals surface area contributed by atoms with E-state index in [9.17, 15) is 9.59 Å². The lowest BCUT2D eigenvalue weighted by Gasteiger charge is -2.14. The zero-order valence-electron chi connectivity index (χ0n) is 19.3. The van der Waals surface area contributed by atoms with Gasteiger partial charge in [0.1, 0.15) is 11.5 Å². The molecule has 0 saturated heterocycles. The van der Waals surface area contributed by atoms with Crippen LogP contribution in [0.15, 0.2) is 60.7 Å². The van der Waals surface area contributed by atoms with E-state index in [4.69, 9.17) is 23.7 Å². The average Bonchev–Trinajstić information content (AvgIpc) is 2.87. The fourth-order valence-corrected chi connectivity index (χ4v) is 3.11. The predicted molar refractivity (Wildman–Crippen MR) is 128 cm³/mol. The maximum atomic E-state index is 12.7. The Bertz CT molecular complexity index is 1120. The minimum atomic E-state index is -0.336. The molecule has 0 aliphatic carbocycles. The lowest BCUT2D eigenvalue weighted by atomic mass is 10.2. The van der Waals surface area contributed by atoms with Crippen molar-refractivity contribution in [2.75, 3.05) is 45.7 Å². The van der Waals surface area contributed by atoms with Crippen LogP contribution in [0.3, 0.4) is 0 Å². The summed E-state index contributed by atoms with van der Waals surface area (Å²) in [5.41, 5.74) is 1.49. The van der Waals surface area contributed by atoms with Crippen molar-refractivity contribution in [3.8, 4) is 28.7 Å². The summed E-state index contributed by atoms with van der Waals surface area (Å²) in [5.74, 6) is 1.71. The molecular formula is C25H26N2O7. The smallest absolute Gasteiger partial charge is 0.262 e. The third-order valence-electron chi connectivity index (χ3n) is 4.76. The highest BCUT2D eigenvalue weighted by Crippen LogP contribution is 2.40. The number of carbonyl (C=O) groups excluding carboxylic acids is 2. The van der Waals surface area contributed by atoms with E-state index in [2.05, 4.69) is 10.6 Å². The van der Waals surface area contributed by atoms with Gasteiger partial charge in [0.25, 0.3) is 11.8 Å². The highest BCUT2D eigenvalue weighted by Gasteiger charge is 2.15. The van der Waals surface area contributed by atoms with E-state index in [1.54, 1.807) is 67.8 Å². The van der Waals surface area contributed by atoms with Crippen molar-refractivity contribution in [1.29, 1.82) is 0 Å². The number of anilines is 2. The molecule has 0 saturated carbocycles. The van der Waals surface area contributed by atoms with Crippen LogP contribution in [0.25, 0.3) is 0 Å². The highest BCUT2D eigenvalue weighted by molar-refractivity contribution is 6.04. The third kappa shape index (κ3) is 6.10. The van der Waals surface area contributed by atoms with Crippen LogP contribution in [0.2, 0.25) is 0 Å². The molecule has 0 bridgehead atoms. The third-order valence-corrected chi connectivity index (χ3v) is 4.76. The van der Waals surface area contributed by atoms with Crippen LogP contribution in [0, 0.1) is 0 Å². The van der Waals surface area contributed by atoms with Crippen molar-refractivity contribution in [2.45, 2.75) is 0 Å². The standard InChI is InChI=1S/C25H26N2O7/c1-30-20-7-5-6-17(12-20)26-23(28)15-34-19-10-8-16(9-11-19)25(29)27-18-13-21(31-2)24(33-4)22(14-18)32-3/h5-14H,15H2,1-4H3,(H,26,28)(H,27,29). The molecule has 2 N–H and O–H groups in total. The molecule has 0 aromatic heterocycles. The van der Waals surface area contributed by atoms with Gasteiger partial charge in [-0.1, -0.05) is 6.07 Å². The van der Waals surface area contributed by atoms with Gasteiger partial charge in [-0.2, -0.15) is 0 Å². The number of benzene rings is 3. The molecular weight excluding hydrogens is 440 g/mol. The maximum Gasteiger partial charge on any atom is 0.262 e. The lowest BCUT2D eigenvalue weighted by Crippen LogP contribution is -2.20. The molecule has 0 unspecified atom stereocenters. The Morgan fingerprint density at radius 2 is 1.38 bits per heavy atom. The summed E-state index contributed by atoms with van der Waals surface area (Å²) in [6.07, 6.45) is 0. The molecule has 0 aliphatic rings. The summed E-state index contributed by atoms with van der Waals surface area (Å²) in [4.78, 5) is 24.8. The summed E-state index contributed by atoms with van der Waals surface area (Å²) >= 11 is 0. The minimum absolute atomic E-state index is 0.186. The van der Waals surface area contributed by atoms with Crippen molar-refractivity contribution < 1.29 is 33.3 Å². The van der Waals surface area contributed by atoms with Crippen molar-refractivity contribution in [2.24, 2.45) is 0 Å². The number of carbonyl (C=O) groups is 2. The molecule has 9 heteroatoms. The zero-order chi connectivity index (χ0) is 24.5. The number of hydrogen-bond acceptors (Lipinski definition) is 7. The number of nitrogens with one attached hydrogen (secondary N) is 2. The number of amides is 2. The van der Waals surface area contributed by atoms with E-state index in [-0.39, 0.29) is 18.4 Å². The SMILES string of the molecule is COc1cccc(NC(=O)COc2ccc(C(=O)Nc3cc(OC)c(OC)c(OC)c3)cc2)c1. The Balaban J connectivity index is 1.58. The van der Waals surface area contributed by atoms with Gasteiger partial charge < -0.3 is 34.3 Å². The summed E-state index contributed by atoms with van der Waals surface area (Å²) in [6.45, 7) is -0.186. The number of hydrogen-bond donors (Lipinski definition) is 2. The largest absolute Gasteiger partial charge is 0.497 e. The topological polar surface area (TPSA) is 104 Å². The molecule has 0 atom stereocenters. The van der Waals surface area contributed by atoms with E-state index in [0.29, 0.717) is 45.7 Å². The summed E-state index contributed by atoms with van der Waals surface area (Å²) < 4.78 is 26.5. The van der Waals surface area contributed by atoms with Gasteiger partial charge in [-0.05, 0) is 36.4 Å². The second kappa shape index (κ2) is 11.5. The van der Waals surface area contributed by atoms with Crippen LogP contribution in [0.1, 0.15) is 10.4 Å². The Morgan fingerprint density at radius 3 is 1.97 bits per heavy atom. The van der Waals surface area contributed by atoms with Crippen LogP contribution in [0.5, 0.6) is 28.7 Å². The Kier molecular flexibility index (Phi) is 8.17. The lowest BCUT2D eigenvalue weighted by molar-refractivity contribution is -0.118. The van der Waals surface area contributed by atoms with E-state index in [0.717, 1.165) is 0 Å². The van der Waals surface area contributed by atoms with Crippen molar-refractivity contribution in [3.63, 3.8) is 0 Å². The Morgan fingerprint density at radius 1 is 0.706 bits per heavy atom. The summed E-state index contributed by atoms with van der Waals surface area (Å²) in [5, 5.41) is 5.53. The van der Waals surface area contributed by atoms with Crippen LogP contribution in [-0.2, 0) is 4.79 Å². The van der Waals surface area contributed by atoms with E-state index in [1.807, 2.05) is 0 Å². The fraction of sp³-hybridized carbons (Fsp3) is 0.200. The number of ether oxygens (including phenoxy) is 5. The quantitative estimate of drug-likeness (QED) is 0.466. The molecule has 34 heavy (non-hydrogen) atoms. The molecule has 0 aliphatic heterocycles. The van der Waals surface area contributed by atoms with E-state index < -0.39 is 0 Å². The molecule has 0 fully saturated rings. The molecule has 0 heterocycles. The minimum Gasteiger partial charge on any atom is -0.497 e. The summed E-state index contributed by atoms with van der Waals surface area (Å²) in [7, 11) is 6.06. The van der Waals surface area contributed by atoms with Crippen LogP contribution in [-0.4, -0.2) is 46.9 Å². The fourth-order valence-electron chi connectivity index (χ4n) is 3.11. The molecule has 9 nitrogen and oxygen atoms in total. The van der Waals surface area contributed by atoms with Crippen LogP contribution >= 0.6 is 0 Å². The van der Waals surface area contributed by atoms with Gasteiger partial charge in [-0.15, -0.1) is 0 Å². The first-order chi connectivity index (χ1) is 16.5. The first-order valence-corrected chi connectivity index (χ1v) is 10.3. The van der Waals surface area contributed by atoms with Crippen molar-refractivity contribution >= 4 is 23.2 Å². The second-order valence-corrected chi connectivity index (χ2v) is 6.96. The first-order valence-electron chi connectivity index (χ1n) is 10.3. The van der Waals surface area contributed by atoms with Gasteiger partial charge in [0, 0.05) is 35.1 Å². The zero-order valence-corrected chi connectivity index (χ0v) is 19.3. The normalized spacial score (nSPS) is 10.1. The molecule has 2 amide bonds. The van der Waals surface area contributed by atoms with Gasteiger partial charge in [-0.3, -0.25) is 9.59 Å². The van der Waals surface area contributed by atoms with Gasteiger partial charge in [-0.25, -0.2) is 0 Å². The number of methoxy groups -OCH3 is 4. The molecule has 3 rings (SSSR count).